The molecule has 4 rings (SSSR count). The number of amidine groups is 1. The predicted molar refractivity (Wildman–Crippen MR) is 118 cm³/mol. The molecule has 29 heavy (non-hydrogen) atoms. The van der Waals surface area contributed by atoms with Gasteiger partial charge in [0, 0.05) is 10.6 Å². The van der Waals surface area contributed by atoms with Crippen LogP contribution < -0.4 is 9.64 Å². The molecule has 0 unspecified atom stereocenters. The van der Waals surface area contributed by atoms with Gasteiger partial charge in [-0.2, -0.15) is 0 Å². The molecular weight excluding hydrogens is 384 g/mol. The average Bonchev–Trinajstić information content (AvgIpc) is 3.05. The lowest BCUT2D eigenvalue weighted by Gasteiger charge is -2.18. The van der Waals surface area contributed by atoms with E-state index in [-0.39, 0.29) is 5.91 Å². The lowest BCUT2D eigenvalue weighted by molar-refractivity contribution is -0.113. The number of aryl methyl sites for hydroxylation is 1. The smallest absolute Gasteiger partial charge is 0.282 e. The number of anilines is 1. The number of hydrogen-bond acceptors (Lipinski definition) is 3. The Kier molecular flexibility index (Phi) is 5.19. The molecule has 144 valence electrons. The van der Waals surface area contributed by atoms with Crippen LogP contribution in [0.3, 0.4) is 0 Å². The van der Waals surface area contributed by atoms with Crippen LogP contribution in [0.2, 0.25) is 5.02 Å². The molecule has 1 amide bonds. The number of rotatable bonds is 4. The Hall–Kier alpha value is -3.37. The summed E-state index contributed by atoms with van der Waals surface area (Å²) in [4.78, 5) is 19.6. The number of nitrogens with zero attached hydrogens (tertiary/aromatic N) is 2. The molecule has 0 atom stereocenters. The maximum Gasteiger partial charge on any atom is 0.282 e. The van der Waals surface area contributed by atoms with Crippen molar-refractivity contribution in [3.63, 3.8) is 0 Å². The van der Waals surface area contributed by atoms with Crippen LogP contribution in [0.15, 0.2) is 83.5 Å². The second-order valence-electron chi connectivity index (χ2n) is 6.72. The summed E-state index contributed by atoms with van der Waals surface area (Å²) < 4.78 is 5.28. The fourth-order valence-electron chi connectivity index (χ4n) is 3.13. The van der Waals surface area contributed by atoms with E-state index in [9.17, 15) is 4.79 Å². The summed E-state index contributed by atoms with van der Waals surface area (Å²) in [5, 5.41) is 0.612. The van der Waals surface area contributed by atoms with Crippen molar-refractivity contribution in [2.45, 2.75) is 6.92 Å². The molecule has 0 spiro atoms. The zero-order chi connectivity index (χ0) is 20.4. The van der Waals surface area contributed by atoms with E-state index < -0.39 is 0 Å². The molecule has 3 aromatic carbocycles. The summed E-state index contributed by atoms with van der Waals surface area (Å²) in [7, 11) is 1.61. The van der Waals surface area contributed by atoms with E-state index in [0.717, 1.165) is 22.4 Å². The molecular formula is C24H19ClN2O2. The fourth-order valence-corrected chi connectivity index (χ4v) is 3.26. The van der Waals surface area contributed by atoms with Gasteiger partial charge in [-0.1, -0.05) is 53.6 Å². The Morgan fingerprint density at radius 1 is 1.00 bits per heavy atom. The van der Waals surface area contributed by atoms with Gasteiger partial charge in [0.1, 0.15) is 17.3 Å². The number of carbonyl (C=O) groups is 1. The van der Waals surface area contributed by atoms with Crippen molar-refractivity contribution >= 4 is 35.1 Å². The van der Waals surface area contributed by atoms with E-state index in [1.54, 1.807) is 30.2 Å². The first-order chi connectivity index (χ1) is 14.0. The van der Waals surface area contributed by atoms with Crippen molar-refractivity contribution < 1.29 is 9.53 Å². The molecule has 0 aromatic heterocycles. The summed E-state index contributed by atoms with van der Waals surface area (Å²) in [6.45, 7) is 2.02. The van der Waals surface area contributed by atoms with Crippen molar-refractivity contribution in [3.8, 4) is 5.75 Å². The van der Waals surface area contributed by atoms with E-state index in [4.69, 9.17) is 16.3 Å². The normalized spacial score (nSPS) is 15.0. The molecule has 0 radical (unpaired) electrons. The summed E-state index contributed by atoms with van der Waals surface area (Å²) in [6.07, 6.45) is 1.77. The van der Waals surface area contributed by atoms with Gasteiger partial charge < -0.3 is 4.74 Å². The number of carbonyl (C=O) groups excluding carboxylic acids is 1. The third-order valence-corrected chi connectivity index (χ3v) is 4.90. The van der Waals surface area contributed by atoms with Gasteiger partial charge in [-0.3, -0.25) is 9.69 Å². The number of hydrogen-bond donors (Lipinski definition) is 0. The highest BCUT2D eigenvalue weighted by atomic mass is 35.5. The maximum absolute atomic E-state index is 13.3. The largest absolute Gasteiger partial charge is 0.497 e. The van der Waals surface area contributed by atoms with Gasteiger partial charge >= 0.3 is 0 Å². The van der Waals surface area contributed by atoms with Gasteiger partial charge in [-0.25, -0.2) is 4.99 Å². The standard InChI is InChI=1S/C24H19ClN2O2/c1-16-6-8-18(9-7-16)23-26-22(15-17-4-3-5-21(14-17)29-2)24(28)27(23)20-12-10-19(25)11-13-20/h3-15H,1-2H3/b22-15+. The zero-order valence-electron chi connectivity index (χ0n) is 16.1. The van der Waals surface area contributed by atoms with Gasteiger partial charge in [0.15, 0.2) is 0 Å². The van der Waals surface area contributed by atoms with E-state index in [0.29, 0.717) is 22.2 Å². The topological polar surface area (TPSA) is 41.9 Å². The first-order valence-corrected chi connectivity index (χ1v) is 9.54. The molecule has 0 fully saturated rings. The third-order valence-electron chi connectivity index (χ3n) is 4.65. The Labute approximate surface area is 174 Å². The van der Waals surface area contributed by atoms with E-state index in [1.807, 2.05) is 67.6 Å². The molecule has 1 heterocycles. The molecule has 1 aliphatic rings. The maximum atomic E-state index is 13.3. The third kappa shape index (κ3) is 3.93. The van der Waals surface area contributed by atoms with Crippen LogP contribution in [0.4, 0.5) is 5.69 Å². The van der Waals surface area contributed by atoms with Crippen molar-refractivity contribution in [2.75, 3.05) is 12.0 Å². The van der Waals surface area contributed by atoms with Crippen molar-refractivity contribution in [2.24, 2.45) is 4.99 Å². The SMILES string of the molecule is COc1cccc(/C=C2/N=C(c3ccc(C)cc3)N(c3ccc(Cl)cc3)C2=O)c1. The molecule has 3 aromatic rings. The fraction of sp³-hybridized carbons (Fsp3) is 0.0833. The van der Waals surface area contributed by atoms with Crippen molar-refractivity contribution in [1.82, 2.24) is 0 Å². The van der Waals surface area contributed by atoms with E-state index in [2.05, 4.69) is 4.99 Å². The molecule has 0 saturated carbocycles. The number of aliphatic imine (C=N–C) groups is 1. The molecule has 1 aliphatic heterocycles. The quantitative estimate of drug-likeness (QED) is 0.541. The summed E-state index contributed by atoms with van der Waals surface area (Å²) in [5.41, 5.74) is 3.94. The van der Waals surface area contributed by atoms with E-state index >= 15 is 0 Å². The number of methoxy groups -OCH3 is 1. The second kappa shape index (κ2) is 7.94. The van der Waals surface area contributed by atoms with Crippen LogP contribution in [0.5, 0.6) is 5.75 Å². The molecule has 0 N–H and O–H groups in total. The lowest BCUT2D eigenvalue weighted by Crippen LogP contribution is -2.32. The minimum absolute atomic E-state index is 0.189. The minimum atomic E-state index is -0.189. The minimum Gasteiger partial charge on any atom is -0.497 e. The molecule has 5 heteroatoms. The average molecular weight is 403 g/mol. The highest BCUT2D eigenvalue weighted by Gasteiger charge is 2.32. The Balaban J connectivity index is 1.81. The van der Waals surface area contributed by atoms with Crippen LogP contribution in [0.25, 0.3) is 6.08 Å². The van der Waals surface area contributed by atoms with Gasteiger partial charge in [-0.05, 0) is 55.0 Å². The molecule has 0 saturated heterocycles. The van der Waals surface area contributed by atoms with Crippen LogP contribution in [0.1, 0.15) is 16.7 Å². The highest BCUT2D eigenvalue weighted by Crippen LogP contribution is 2.29. The summed E-state index contributed by atoms with van der Waals surface area (Å²) in [6, 6.07) is 22.6. The highest BCUT2D eigenvalue weighted by molar-refractivity contribution is 6.33. The molecule has 0 aliphatic carbocycles. The Morgan fingerprint density at radius 3 is 2.41 bits per heavy atom. The first-order valence-electron chi connectivity index (χ1n) is 9.16. The van der Waals surface area contributed by atoms with Crippen LogP contribution in [-0.4, -0.2) is 18.9 Å². The second-order valence-corrected chi connectivity index (χ2v) is 7.16. The zero-order valence-corrected chi connectivity index (χ0v) is 16.9. The molecule has 0 bridgehead atoms. The van der Waals surface area contributed by atoms with Crippen molar-refractivity contribution in [1.29, 1.82) is 0 Å². The Bertz CT molecular complexity index is 1120. The van der Waals surface area contributed by atoms with Crippen molar-refractivity contribution in [3.05, 3.63) is 100 Å². The first kappa shape index (κ1) is 19.0. The monoisotopic (exact) mass is 402 g/mol. The van der Waals surface area contributed by atoms with Gasteiger partial charge in [0.2, 0.25) is 0 Å². The van der Waals surface area contributed by atoms with E-state index in [1.165, 1.54) is 0 Å². The number of amides is 1. The van der Waals surface area contributed by atoms with Gasteiger partial charge in [-0.15, -0.1) is 0 Å². The lowest BCUT2D eigenvalue weighted by atomic mass is 10.1. The number of benzene rings is 3. The van der Waals surface area contributed by atoms with Crippen LogP contribution in [0, 0.1) is 6.92 Å². The molecule has 4 nitrogen and oxygen atoms in total. The number of halogens is 1. The van der Waals surface area contributed by atoms with Crippen LogP contribution in [-0.2, 0) is 4.79 Å². The number of ether oxygens (including phenoxy) is 1. The predicted octanol–water partition coefficient (Wildman–Crippen LogP) is 5.49. The summed E-state index contributed by atoms with van der Waals surface area (Å²) >= 11 is 6.03. The van der Waals surface area contributed by atoms with Crippen LogP contribution >= 0.6 is 11.6 Å². The van der Waals surface area contributed by atoms with Gasteiger partial charge in [0.05, 0.1) is 12.8 Å². The summed E-state index contributed by atoms with van der Waals surface area (Å²) in [5.74, 6) is 1.12. The van der Waals surface area contributed by atoms with Gasteiger partial charge in [0.25, 0.3) is 5.91 Å². The Morgan fingerprint density at radius 2 is 1.72 bits per heavy atom.